The summed E-state index contributed by atoms with van der Waals surface area (Å²) in [7, 11) is 0. The van der Waals surface area contributed by atoms with E-state index in [1.54, 1.807) is 19.1 Å². The Labute approximate surface area is 146 Å². The van der Waals surface area contributed by atoms with E-state index < -0.39 is 0 Å². The van der Waals surface area contributed by atoms with E-state index >= 15 is 0 Å². The molecule has 0 aliphatic carbocycles. The lowest BCUT2D eigenvalue weighted by atomic mass is 10.00. The van der Waals surface area contributed by atoms with Gasteiger partial charge in [0.1, 0.15) is 11.6 Å². The quantitative estimate of drug-likeness (QED) is 0.855. The van der Waals surface area contributed by atoms with Gasteiger partial charge in [0, 0.05) is 12.1 Å². The van der Waals surface area contributed by atoms with Crippen LogP contribution in [0, 0.1) is 12.7 Å². The van der Waals surface area contributed by atoms with Gasteiger partial charge in [0.05, 0.1) is 30.4 Å². The third-order valence-corrected chi connectivity index (χ3v) is 4.48. The van der Waals surface area contributed by atoms with Gasteiger partial charge in [0.2, 0.25) is 11.8 Å². The second-order valence-electron chi connectivity index (χ2n) is 7.15. The number of carbonyl (C=O) groups excluding carboxylic acids is 1. The SMILES string of the molecule is Cc1oc(-c2cccc(F)c2)nc1CC(=O)N1CC(C)OCC1(C)C. The van der Waals surface area contributed by atoms with E-state index in [9.17, 15) is 9.18 Å². The van der Waals surface area contributed by atoms with Crippen LogP contribution >= 0.6 is 0 Å². The maximum atomic E-state index is 13.4. The molecule has 0 radical (unpaired) electrons. The Bertz CT molecular complexity index is 785. The third kappa shape index (κ3) is 3.74. The van der Waals surface area contributed by atoms with Crippen LogP contribution < -0.4 is 0 Å². The fraction of sp³-hybridized carbons (Fsp3) is 0.474. The molecule has 1 amide bonds. The van der Waals surface area contributed by atoms with E-state index in [-0.39, 0.29) is 29.8 Å². The molecule has 0 N–H and O–H groups in total. The number of hydrogen-bond acceptors (Lipinski definition) is 4. The number of aryl methyl sites for hydroxylation is 1. The second kappa shape index (κ2) is 6.59. The maximum absolute atomic E-state index is 13.4. The fourth-order valence-corrected chi connectivity index (χ4v) is 3.00. The zero-order chi connectivity index (χ0) is 18.2. The molecule has 2 heterocycles. The summed E-state index contributed by atoms with van der Waals surface area (Å²) in [6, 6.07) is 6.06. The number of nitrogens with zero attached hydrogens (tertiary/aromatic N) is 2. The molecule has 1 unspecified atom stereocenters. The molecule has 0 bridgehead atoms. The van der Waals surface area contributed by atoms with Crippen LogP contribution in [0.3, 0.4) is 0 Å². The highest BCUT2D eigenvalue weighted by atomic mass is 19.1. The summed E-state index contributed by atoms with van der Waals surface area (Å²) in [6.45, 7) is 8.77. The highest BCUT2D eigenvalue weighted by Crippen LogP contribution is 2.26. The zero-order valence-corrected chi connectivity index (χ0v) is 15.0. The summed E-state index contributed by atoms with van der Waals surface area (Å²) in [6.07, 6.45) is 0.166. The minimum absolute atomic E-state index is 0.0117. The molecular weight excluding hydrogens is 323 g/mol. The monoisotopic (exact) mass is 346 g/mol. The van der Waals surface area contributed by atoms with Crippen molar-refractivity contribution >= 4 is 5.91 Å². The number of amides is 1. The third-order valence-electron chi connectivity index (χ3n) is 4.48. The van der Waals surface area contributed by atoms with Gasteiger partial charge in [0.15, 0.2) is 0 Å². The molecule has 0 spiro atoms. The number of carbonyl (C=O) groups is 1. The Morgan fingerprint density at radius 1 is 1.44 bits per heavy atom. The van der Waals surface area contributed by atoms with Crippen LogP contribution in [0.4, 0.5) is 4.39 Å². The number of ether oxygens (including phenoxy) is 1. The molecular formula is C19H23FN2O3. The van der Waals surface area contributed by atoms with Crippen LogP contribution in [-0.2, 0) is 16.0 Å². The standard InChI is InChI=1S/C19H23FN2O3/c1-12-10-22(19(3,4)11-24-12)17(23)9-16-13(2)25-18(21-16)14-6-5-7-15(20)8-14/h5-8,12H,9-11H2,1-4H3. The predicted molar refractivity (Wildman–Crippen MR) is 91.5 cm³/mol. The van der Waals surface area contributed by atoms with Gasteiger partial charge >= 0.3 is 0 Å². The molecule has 5 nitrogen and oxygen atoms in total. The lowest BCUT2D eigenvalue weighted by Crippen LogP contribution is -2.58. The smallest absolute Gasteiger partial charge is 0.229 e. The van der Waals surface area contributed by atoms with Gasteiger partial charge < -0.3 is 14.1 Å². The first-order chi connectivity index (χ1) is 11.8. The molecule has 0 saturated carbocycles. The summed E-state index contributed by atoms with van der Waals surface area (Å²) in [5.41, 5.74) is 0.786. The van der Waals surface area contributed by atoms with Crippen molar-refractivity contribution in [1.82, 2.24) is 9.88 Å². The van der Waals surface area contributed by atoms with Gasteiger partial charge in [-0.25, -0.2) is 9.37 Å². The molecule has 2 aromatic rings. The zero-order valence-electron chi connectivity index (χ0n) is 15.0. The molecule has 3 rings (SSSR count). The minimum atomic E-state index is -0.355. The van der Waals surface area contributed by atoms with E-state index in [0.29, 0.717) is 36.1 Å². The first-order valence-corrected chi connectivity index (χ1v) is 8.40. The van der Waals surface area contributed by atoms with Crippen LogP contribution in [-0.4, -0.2) is 40.6 Å². The predicted octanol–water partition coefficient (Wildman–Crippen LogP) is 3.36. The molecule has 1 aliphatic rings. The van der Waals surface area contributed by atoms with Crippen molar-refractivity contribution in [1.29, 1.82) is 0 Å². The molecule has 1 atom stereocenters. The molecule has 1 aromatic heterocycles. The van der Waals surface area contributed by atoms with Crippen LogP contribution in [0.2, 0.25) is 0 Å². The number of benzene rings is 1. The lowest BCUT2D eigenvalue weighted by molar-refractivity contribution is -0.152. The van der Waals surface area contributed by atoms with Gasteiger partial charge in [-0.3, -0.25) is 4.79 Å². The summed E-state index contributed by atoms with van der Waals surface area (Å²) < 4.78 is 24.7. The Morgan fingerprint density at radius 2 is 2.20 bits per heavy atom. The first kappa shape index (κ1) is 17.6. The van der Waals surface area contributed by atoms with Crippen molar-refractivity contribution in [2.24, 2.45) is 0 Å². The van der Waals surface area contributed by atoms with Gasteiger partial charge in [-0.15, -0.1) is 0 Å². The van der Waals surface area contributed by atoms with E-state index in [1.165, 1.54) is 12.1 Å². The van der Waals surface area contributed by atoms with Crippen LogP contribution in [0.1, 0.15) is 32.2 Å². The number of aromatic nitrogens is 1. The molecule has 1 fully saturated rings. The maximum Gasteiger partial charge on any atom is 0.229 e. The van der Waals surface area contributed by atoms with Crippen LogP contribution in [0.15, 0.2) is 28.7 Å². The van der Waals surface area contributed by atoms with Crippen molar-refractivity contribution in [3.63, 3.8) is 0 Å². The van der Waals surface area contributed by atoms with Gasteiger partial charge in [-0.1, -0.05) is 6.07 Å². The summed E-state index contributed by atoms with van der Waals surface area (Å²) in [5.74, 6) is 0.540. The molecule has 25 heavy (non-hydrogen) atoms. The largest absolute Gasteiger partial charge is 0.441 e. The summed E-state index contributed by atoms with van der Waals surface area (Å²) in [4.78, 5) is 19.1. The normalized spacial score (nSPS) is 19.9. The number of morpholine rings is 1. The second-order valence-corrected chi connectivity index (χ2v) is 7.15. The molecule has 6 heteroatoms. The molecule has 1 saturated heterocycles. The Morgan fingerprint density at radius 3 is 2.92 bits per heavy atom. The van der Waals surface area contributed by atoms with Crippen molar-refractivity contribution in [3.8, 4) is 11.5 Å². The number of hydrogen-bond donors (Lipinski definition) is 0. The Balaban J connectivity index is 1.80. The average Bonchev–Trinajstić information content (AvgIpc) is 2.90. The number of oxazole rings is 1. The van der Waals surface area contributed by atoms with Gasteiger partial charge in [-0.2, -0.15) is 0 Å². The van der Waals surface area contributed by atoms with Crippen LogP contribution in [0.5, 0.6) is 0 Å². The lowest BCUT2D eigenvalue weighted by Gasteiger charge is -2.44. The molecule has 134 valence electrons. The van der Waals surface area contributed by atoms with E-state index in [0.717, 1.165) is 0 Å². The topological polar surface area (TPSA) is 55.6 Å². The Hall–Kier alpha value is -2.21. The number of rotatable bonds is 3. The first-order valence-electron chi connectivity index (χ1n) is 8.40. The van der Waals surface area contributed by atoms with Crippen molar-refractivity contribution in [3.05, 3.63) is 41.5 Å². The average molecular weight is 346 g/mol. The molecule has 1 aromatic carbocycles. The highest BCUT2D eigenvalue weighted by molar-refractivity contribution is 5.79. The van der Waals surface area contributed by atoms with Gasteiger partial charge in [0.25, 0.3) is 0 Å². The van der Waals surface area contributed by atoms with E-state index in [4.69, 9.17) is 9.15 Å². The number of halogens is 1. The summed E-state index contributed by atoms with van der Waals surface area (Å²) in [5, 5.41) is 0. The van der Waals surface area contributed by atoms with Gasteiger partial charge in [-0.05, 0) is 45.9 Å². The fourth-order valence-electron chi connectivity index (χ4n) is 3.00. The molecule has 1 aliphatic heterocycles. The Kier molecular flexibility index (Phi) is 4.64. The van der Waals surface area contributed by atoms with Crippen LogP contribution in [0.25, 0.3) is 11.5 Å². The van der Waals surface area contributed by atoms with Crippen molar-refractivity contribution in [2.75, 3.05) is 13.2 Å². The minimum Gasteiger partial charge on any atom is -0.441 e. The van der Waals surface area contributed by atoms with E-state index in [1.807, 2.05) is 25.7 Å². The van der Waals surface area contributed by atoms with E-state index in [2.05, 4.69) is 4.98 Å². The highest BCUT2D eigenvalue weighted by Gasteiger charge is 2.37. The summed E-state index contributed by atoms with van der Waals surface area (Å²) >= 11 is 0. The van der Waals surface area contributed by atoms with Crippen molar-refractivity contribution in [2.45, 2.75) is 45.8 Å². The van der Waals surface area contributed by atoms with Crippen molar-refractivity contribution < 1.29 is 18.3 Å².